The highest BCUT2D eigenvalue weighted by Crippen LogP contribution is 2.31. The largest absolute Gasteiger partial charge is 0.370 e. The number of carbonyl (C=O) groups is 1. The van der Waals surface area contributed by atoms with Gasteiger partial charge in [0.1, 0.15) is 11.5 Å². The van der Waals surface area contributed by atoms with Crippen molar-refractivity contribution in [2.45, 2.75) is 12.8 Å². The molecule has 0 aromatic heterocycles. The summed E-state index contributed by atoms with van der Waals surface area (Å²) in [5, 5.41) is 2.69. The van der Waals surface area contributed by atoms with Crippen LogP contribution in [0.5, 0.6) is 0 Å². The van der Waals surface area contributed by atoms with Crippen molar-refractivity contribution >= 4 is 39.3 Å². The number of carbonyl (C=O) groups excluding carboxylic acids is 1. The van der Waals surface area contributed by atoms with Crippen molar-refractivity contribution in [2.24, 2.45) is 0 Å². The molecule has 1 heterocycles. The smallest absolute Gasteiger partial charge is 0.248 e. The molecule has 1 amide bonds. The molecule has 0 unspecified atom stereocenters. The zero-order chi connectivity index (χ0) is 16.9. The van der Waals surface area contributed by atoms with Crippen LogP contribution in [0.4, 0.5) is 15.8 Å². The highest BCUT2D eigenvalue weighted by Gasteiger charge is 2.19. The molecule has 0 saturated carbocycles. The quantitative estimate of drug-likeness (QED) is 0.759. The minimum Gasteiger partial charge on any atom is -0.370 e. The summed E-state index contributed by atoms with van der Waals surface area (Å²) in [6.07, 6.45) is 5.30. The van der Waals surface area contributed by atoms with Crippen LogP contribution in [0.25, 0.3) is 6.08 Å². The van der Waals surface area contributed by atoms with Crippen molar-refractivity contribution in [1.82, 2.24) is 0 Å². The lowest BCUT2D eigenvalue weighted by Gasteiger charge is -2.21. The van der Waals surface area contributed by atoms with Gasteiger partial charge in [0.05, 0.1) is 5.69 Å². The lowest BCUT2D eigenvalue weighted by Crippen LogP contribution is -2.21. The normalized spacial score (nSPS) is 14.3. The average molecular weight is 389 g/mol. The number of benzene rings is 2. The third kappa shape index (κ3) is 3.85. The number of nitrogens with one attached hydrogen (secondary N) is 1. The summed E-state index contributed by atoms with van der Waals surface area (Å²) in [6, 6.07) is 12.5. The van der Waals surface area contributed by atoms with Crippen LogP contribution < -0.4 is 10.2 Å². The predicted octanol–water partition coefficient (Wildman–Crippen LogP) is 4.84. The second kappa shape index (κ2) is 7.62. The summed E-state index contributed by atoms with van der Waals surface area (Å²) in [6.45, 7) is 1.78. The fourth-order valence-electron chi connectivity index (χ4n) is 2.80. The molecule has 2 aromatic rings. The van der Waals surface area contributed by atoms with Crippen LogP contribution in [0.2, 0.25) is 0 Å². The highest BCUT2D eigenvalue weighted by atomic mass is 79.9. The molecule has 3 rings (SSSR count). The number of para-hydroxylation sites is 1. The maximum Gasteiger partial charge on any atom is 0.248 e. The lowest BCUT2D eigenvalue weighted by atomic mass is 10.2. The van der Waals surface area contributed by atoms with Gasteiger partial charge in [-0.05, 0) is 42.7 Å². The summed E-state index contributed by atoms with van der Waals surface area (Å²) < 4.78 is 15.1. The fraction of sp³-hybridized carbons (Fsp3) is 0.211. The van der Waals surface area contributed by atoms with Gasteiger partial charge in [0, 0.05) is 23.6 Å². The van der Waals surface area contributed by atoms with Gasteiger partial charge >= 0.3 is 0 Å². The molecule has 0 radical (unpaired) electrons. The molecule has 5 heteroatoms. The number of anilines is 2. The summed E-state index contributed by atoms with van der Waals surface area (Å²) in [5.41, 5.74) is 1.89. The SMILES string of the molecule is O=C(/C=C/c1ccccc1Br)Nc1c(F)cccc1N1CCCC1. The molecule has 1 fully saturated rings. The van der Waals surface area contributed by atoms with Gasteiger partial charge in [0.2, 0.25) is 5.91 Å². The Hall–Kier alpha value is -2.14. The Morgan fingerprint density at radius 1 is 1.12 bits per heavy atom. The molecule has 1 aliphatic rings. The molecule has 2 aromatic carbocycles. The molecule has 0 bridgehead atoms. The Morgan fingerprint density at radius 3 is 2.62 bits per heavy atom. The standard InChI is InChI=1S/C19H18BrFN2O/c20-15-7-2-1-6-14(15)10-11-18(24)22-19-16(21)8-5-9-17(19)23-12-3-4-13-23/h1-2,5-11H,3-4,12-13H2,(H,22,24)/b11-10+. The van der Waals surface area contributed by atoms with Gasteiger partial charge in [0.15, 0.2) is 0 Å². The van der Waals surface area contributed by atoms with Crippen molar-refractivity contribution < 1.29 is 9.18 Å². The predicted molar refractivity (Wildman–Crippen MR) is 99.7 cm³/mol. The lowest BCUT2D eigenvalue weighted by molar-refractivity contribution is -0.111. The Bertz CT molecular complexity index is 770. The summed E-state index contributed by atoms with van der Waals surface area (Å²) in [7, 11) is 0. The van der Waals surface area contributed by atoms with Crippen LogP contribution >= 0.6 is 15.9 Å². The van der Waals surface area contributed by atoms with Crippen LogP contribution in [0, 0.1) is 5.82 Å². The molecule has 3 nitrogen and oxygen atoms in total. The fourth-order valence-corrected chi connectivity index (χ4v) is 3.22. The molecule has 1 N–H and O–H groups in total. The minimum absolute atomic E-state index is 0.251. The third-order valence-electron chi connectivity index (χ3n) is 4.01. The van der Waals surface area contributed by atoms with E-state index in [0.29, 0.717) is 0 Å². The van der Waals surface area contributed by atoms with E-state index >= 15 is 0 Å². The van der Waals surface area contributed by atoms with Crippen LogP contribution in [0.1, 0.15) is 18.4 Å². The summed E-state index contributed by atoms with van der Waals surface area (Å²) in [5.74, 6) is -0.765. The first-order chi connectivity index (χ1) is 11.6. The average Bonchev–Trinajstić information content (AvgIpc) is 3.10. The Balaban J connectivity index is 1.78. The van der Waals surface area contributed by atoms with Crippen molar-refractivity contribution in [1.29, 1.82) is 0 Å². The topological polar surface area (TPSA) is 32.3 Å². The van der Waals surface area contributed by atoms with Gasteiger partial charge in [-0.15, -0.1) is 0 Å². The van der Waals surface area contributed by atoms with E-state index < -0.39 is 5.82 Å². The van der Waals surface area contributed by atoms with E-state index in [1.807, 2.05) is 30.3 Å². The second-order valence-electron chi connectivity index (χ2n) is 5.67. The summed E-state index contributed by atoms with van der Waals surface area (Å²) >= 11 is 3.43. The van der Waals surface area contributed by atoms with Crippen molar-refractivity contribution in [2.75, 3.05) is 23.3 Å². The Kier molecular flexibility index (Phi) is 5.30. The van der Waals surface area contributed by atoms with Gasteiger partial charge < -0.3 is 10.2 Å². The molecule has 1 aliphatic heterocycles. The number of halogens is 2. The number of nitrogens with zero attached hydrogens (tertiary/aromatic N) is 1. The van der Waals surface area contributed by atoms with Crippen molar-refractivity contribution in [3.63, 3.8) is 0 Å². The van der Waals surface area contributed by atoms with Crippen LogP contribution in [-0.4, -0.2) is 19.0 Å². The zero-order valence-corrected chi connectivity index (χ0v) is 14.7. The Labute approximate surface area is 149 Å². The first-order valence-corrected chi connectivity index (χ1v) is 8.71. The highest BCUT2D eigenvalue weighted by molar-refractivity contribution is 9.10. The van der Waals surface area contributed by atoms with Gasteiger partial charge in [-0.3, -0.25) is 4.79 Å². The molecule has 0 aliphatic carbocycles. The van der Waals surface area contributed by atoms with Gasteiger partial charge in [-0.25, -0.2) is 4.39 Å². The summed E-state index contributed by atoms with van der Waals surface area (Å²) in [4.78, 5) is 14.3. The van der Waals surface area contributed by atoms with E-state index in [0.717, 1.165) is 41.7 Å². The first kappa shape index (κ1) is 16.7. The van der Waals surface area contributed by atoms with Crippen LogP contribution in [0.3, 0.4) is 0 Å². The van der Waals surface area contributed by atoms with Gasteiger partial charge in [-0.2, -0.15) is 0 Å². The van der Waals surface area contributed by atoms with Crippen LogP contribution in [-0.2, 0) is 4.79 Å². The molecule has 0 atom stereocenters. The maximum atomic E-state index is 14.2. The molecule has 124 valence electrons. The molecule has 1 saturated heterocycles. The van der Waals surface area contributed by atoms with E-state index in [4.69, 9.17) is 0 Å². The second-order valence-corrected chi connectivity index (χ2v) is 6.53. The van der Waals surface area contributed by atoms with Gasteiger partial charge in [0.25, 0.3) is 0 Å². The zero-order valence-electron chi connectivity index (χ0n) is 13.1. The van der Waals surface area contributed by atoms with Crippen LogP contribution in [0.15, 0.2) is 53.0 Å². The maximum absolute atomic E-state index is 14.2. The third-order valence-corrected chi connectivity index (χ3v) is 4.73. The van der Waals surface area contributed by atoms with Gasteiger partial charge in [-0.1, -0.05) is 40.2 Å². The van der Waals surface area contributed by atoms with Crippen molar-refractivity contribution in [3.05, 3.63) is 64.4 Å². The number of rotatable bonds is 4. The molecule has 0 spiro atoms. The number of hydrogen-bond acceptors (Lipinski definition) is 2. The van der Waals surface area contributed by atoms with E-state index in [2.05, 4.69) is 26.1 Å². The molecular formula is C19H18BrFN2O. The number of hydrogen-bond donors (Lipinski definition) is 1. The first-order valence-electron chi connectivity index (χ1n) is 7.92. The minimum atomic E-state index is -0.415. The monoisotopic (exact) mass is 388 g/mol. The molecule has 24 heavy (non-hydrogen) atoms. The van der Waals surface area contributed by atoms with E-state index in [-0.39, 0.29) is 11.6 Å². The van der Waals surface area contributed by atoms with Crippen molar-refractivity contribution in [3.8, 4) is 0 Å². The number of amides is 1. The Morgan fingerprint density at radius 2 is 1.88 bits per heavy atom. The van der Waals surface area contributed by atoms with E-state index in [1.165, 1.54) is 12.1 Å². The van der Waals surface area contributed by atoms with E-state index in [9.17, 15) is 9.18 Å². The van der Waals surface area contributed by atoms with E-state index in [1.54, 1.807) is 12.1 Å². The molecular weight excluding hydrogens is 371 g/mol.